The van der Waals surface area contributed by atoms with E-state index in [4.69, 9.17) is 17.0 Å². The number of nitrogens with zero attached hydrogens (tertiary/aromatic N) is 2. The minimum Gasteiger partial charge on any atom is -0.477 e. The molecule has 0 aliphatic carbocycles. The van der Waals surface area contributed by atoms with Crippen LogP contribution in [0.15, 0.2) is 60.3 Å². The fraction of sp³-hybridized carbons (Fsp3) is 0.238. The van der Waals surface area contributed by atoms with Gasteiger partial charge < -0.3 is 4.74 Å². The molecule has 0 bridgehead atoms. The first-order chi connectivity index (χ1) is 13.8. The highest BCUT2D eigenvalue weighted by Crippen LogP contribution is 2.58. The number of hydrogen-bond acceptors (Lipinski definition) is 6. The van der Waals surface area contributed by atoms with Gasteiger partial charge in [0, 0.05) is 17.0 Å². The second-order valence-corrected chi connectivity index (χ2v) is 8.87. The number of thioether (sulfide) groups is 1. The van der Waals surface area contributed by atoms with Gasteiger partial charge in [0.2, 0.25) is 11.0 Å². The molecule has 0 N–H and O–H groups in total. The topological polar surface area (TPSA) is 72.7 Å². The fourth-order valence-electron chi connectivity index (χ4n) is 3.39. The predicted molar refractivity (Wildman–Crippen MR) is 116 cm³/mol. The van der Waals surface area contributed by atoms with Crippen LogP contribution < -0.4 is 0 Å². The van der Waals surface area contributed by atoms with E-state index >= 15 is 0 Å². The number of non-ortho nitro benzene ring substituents is 1. The van der Waals surface area contributed by atoms with Gasteiger partial charge in [-0.2, -0.15) is 0 Å². The van der Waals surface area contributed by atoms with E-state index in [-0.39, 0.29) is 28.6 Å². The highest BCUT2D eigenvalue weighted by Gasteiger charge is 2.60. The standard InChI is InChI=1S/C21H18N2O4S2/c1-21(2)19(24)22-16(17(29-20(21)22)14-6-4-3-5-7-14)18(28)27-12-13-8-10-15(11-9-13)23(25)26/h3-11,20H,12H2,1-2H3/t20-/m1/s1. The van der Waals surface area contributed by atoms with Crippen molar-refractivity contribution in [2.24, 2.45) is 5.41 Å². The maximum Gasteiger partial charge on any atom is 0.269 e. The number of nitro benzene ring substituents is 1. The summed E-state index contributed by atoms with van der Waals surface area (Å²) >= 11 is 7.18. The van der Waals surface area contributed by atoms with Gasteiger partial charge in [-0.15, -0.1) is 0 Å². The first-order valence-electron chi connectivity index (χ1n) is 9.01. The second kappa shape index (κ2) is 7.27. The van der Waals surface area contributed by atoms with Crippen molar-refractivity contribution in [1.82, 2.24) is 4.90 Å². The summed E-state index contributed by atoms with van der Waals surface area (Å²) in [7, 11) is 0. The Morgan fingerprint density at radius 3 is 2.48 bits per heavy atom. The molecule has 0 radical (unpaired) electrons. The van der Waals surface area contributed by atoms with E-state index in [2.05, 4.69) is 0 Å². The molecule has 1 fully saturated rings. The molecule has 1 amide bonds. The smallest absolute Gasteiger partial charge is 0.269 e. The summed E-state index contributed by atoms with van der Waals surface area (Å²) < 4.78 is 5.83. The molecule has 0 unspecified atom stereocenters. The summed E-state index contributed by atoms with van der Waals surface area (Å²) in [6, 6.07) is 16.0. The molecular formula is C21H18N2O4S2. The minimum absolute atomic E-state index is 0.0128. The maximum atomic E-state index is 12.7. The van der Waals surface area contributed by atoms with E-state index < -0.39 is 10.3 Å². The van der Waals surface area contributed by atoms with Gasteiger partial charge in [-0.05, 0) is 49.3 Å². The van der Waals surface area contributed by atoms with Crippen LogP contribution >= 0.6 is 24.0 Å². The largest absolute Gasteiger partial charge is 0.477 e. The fourth-order valence-corrected chi connectivity index (χ4v) is 5.22. The quantitative estimate of drug-likeness (QED) is 0.297. The van der Waals surface area contributed by atoms with Crippen LogP contribution in [0, 0.1) is 15.5 Å². The van der Waals surface area contributed by atoms with Crippen LogP contribution in [0.4, 0.5) is 5.69 Å². The number of β-lactam (4-membered cyclic amide) rings is 1. The Bertz CT molecular complexity index is 1030. The van der Waals surface area contributed by atoms with E-state index in [9.17, 15) is 14.9 Å². The molecule has 148 valence electrons. The van der Waals surface area contributed by atoms with E-state index in [1.165, 1.54) is 12.1 Å². The van der Waals surface area contributed by atoms with Crippen molar-refractivity contribution in [1.29, 1.82) is 0 Å². The SMILES string of the molecule is CC1(C)C(=O)N2C(C(=S)OCc3ccc([N+](=O)[O-])cc3)=C(c3ccccc3)S[C@@H]21. The summed E-state index contributed by atoms with van der Waals surface area (Å²) in [5.74, 6) is 0.0252. The molecule has 1 atom stereocenters. The number of hydrogen-bond donors (Lipinski definition) is 0. The zero-order chi connectivity index (χ0) is 20.8. The molecule has 6 nitrogen and oxygen atoms in total. The number of rotatable bonds is 5. The molecule has 29 heavy (non-hydrogen) atoms. The van der Waals surface area contributed by atoms with Gasteiger partial charge in [0.05, 0.1) is 10.3 Å². The number of carbonyl (C=O) groups is 1. The number of benzene rings is 2. The highest BCUT2D eigenvalue weighted by molar-refractivity contribution is 8.09. The molecule has 2 aromatic rings. The molecular weight excluding hydrogens is 408 g/mol. The Balaban J connectivity index is 1.58. The molecule has 0 aromatic heterocycles. The number of ether oxygens (including phenoxy) is 1. The molecule has 0 spiro atoms. The van der Waals surface area contributed by atoms with Crippen LogP contribution in [-0.2, 0) is 16.1 Å². The first kappa shape index (κ1) is 19.6. The molecule has 1 saturated heterocycles. The Hall–Kier alpha value is -2.71. The summed E-state index contributed by atoms with van der Waals surface area (Å²) in [5.41, 5.74) is 1.95. The Morgan fingerprint density at radius 1 is 1.21 bits per heavy atom. The van der Waals surface area contributed by atoms with Crippen LogP contribution in [0.25, 0.3) is 4.91 Å². The van der Waals surface area contributed by atoms with Crippen molar-refractivity contribution in [3.05, 3.63) is 81.5 Å². The second-order valence-electron chi connectivity index (χ2n) is 7.41. The Kier molecular flexibility index (Phi) is 4.92. The molecule has 2 aliphatic heterocycles. The first-order valence-corrected chi connectivity index (χ1v) is 10.3. The zero-order valence-electron chi connectivity index (χ0n) is 15.8. The summed E-state index contributed by atoms with van der Waals surface area (Å²) in [6.45, 7) is 4.05. The van der Waals surface area contributed by atoms with Crippen molar-refractivity contribution in [3.8, 4) is 0 Å². The molecule has 2 aromatic carbocycles. The predicted octanol–water partition coefficient (Wildman–Crippen LogP) is 4.75. The van der Waals surface area contributed by atoms with Crippen LogP contribution in [0.3, 0.4) is 0 Å². The van der Waals surface area contributed by atoms with Crippen LogP contribution in [0.1, 0.15) is 25.0 Å². The normalized spacial score (nSPS) is 19.6. The van der Waals surface area contributed by atoms with Crippen molar-refractivity contribution >= 4 is 45.5 Å². The average Bonchev–Trinajstić information content (AvgIpc) is 3.11. The summed E-state index contributed by atoms with van der Waals surface area (Å²) in [4.78, 5) is 25.7. The number of fused-ring (bicyclic) bond motifs is 1. The third-order valence-electron chi connectivity index (χ3n) is 5.05. The Morgan fingerprint density at radius 2 is 1.86 bits per heavy atom. The van der Waals surface area contributed by atoms with Gasteiger partial charge in [-0.3, -0.25) is 19.8 Å². The number of amides is 1. The molecule has 2 heterocycles. The third-order valence-corrected chi connectivity index (χ3v) is 7.05. The number of nitro groups is 1. The zero-order valence-corrected chi connectivity index (χ0v) is 17.5. The van der Waals surface area contributed by atoms with Crippen molar-refractivity contribution in [2.45, 2.75) is 25.8 Å². The lowest BCUT2D eigenvalue weighted by Crippen LogP contribution is -2.62. The minimum atomic E-state index is -0.458. The third kappa shape index (κ3) is 3.32. The van der Waals surface area contributed by atoms with Crippen LogP contribution in [-0.4, -0.2) is 26.2 Å². The van der Waals surface area contributed by atoms with Crippen LogP contribution in [0.5, 0.6) is 0 Å². The highest BCUT2D eigenvalue weighted by atomic mass is 32.2. The van der Waals surface area contributed by atoms with Gasteiger partial charge in [0.1, 0.15) is 17.7 Å². The lowest BCUT2D eigenvalue weighted by Gasteiger charge is -2.48. The van der Waals surface area contributed by atoms with E-state index in [1.54, 1.807) is 28.8 Å². The van der Waals surface area contributed by atoms with Crippen molar-refractivity contribution in [2.75, 3.05) is 0 Å². The van der Waals surface area contributed by atoms with E-state index in [0.717, 1.165) is 16.0 Å². The average molecular weight is 427 g/mol. The van der Waals surface area contributed by atoms with Gasteiger partial charge in [-0.25, -0.2) is 0 Å². The van der Waals surface area contributed by atoms with E-state index in [1.807, 2.05) is 44.2 Å². The molecule has 0 saturated carbocycles. The molecule has 2 aliphatic rings. The molecule has 8 heteroatoms. The number of thiocarbonyl (C=S) groups is 1. The Labute approximate surface area is 177 Å². The van der Waals surface area contributed by atoms with E-state index in [0.29, 0.717) is 5.70 Å². The van der Waals surface area contributed by atoms with Gasteiger partial charge >= 0.3 is 0 Å². The van der Waals surface area contributed by atoms with Gasteiger partial charge in [0.15, 0.2) is 0 Å². The maximum absolute atomic E-state index is 12.7. The lowest BCUT2D eigenvalue weighted by molar-refractivity contribution is -0.384. The number of carbonyl (C=O) groups excluding carboxylic acids is 1. The van der Waals surface area contributed by atoms with Crippen molar-refractivity contribution < 1.29 is 14.5 Å². The lowest BCUT2D eigenvalue weighted by atomic mass is 9.82. The van der Waals surface area contributed by atoms with Gasteiger partial charge in [0.25, 0.3) is 5.69 Å². The molecule has 4 rings (SSSR count). The van der Waals surface area contributed by atoms with Crippen LogP contribution in [0.2, 0.25) is 0 Å². The van der Waals surface area contributed by atoms with Crippen molar-refractivity contribution in [3.63, 3.8) is 0 Å². The van der Waals surface area contributed by atoms with Gasteiger partial charge in [-0.1, -0.05) is 42.1 Å². The summed E-state index contributed by atoms with van der Waals surface area (Å²) in [6.07, 6.45) is 0. The monoisotopic (exact) mass is 426 g/mol. The summed E-state index contributed by atoms with van der Waals surface area (Å²) in [5, 5.41) is 11.0.